The Kier molecular flexibility index (Phi) is 3.53. The average molecular weight is 225 g/mol. The highest BCUT2D eigenvalue weighted by Gasteiger charge is 2.50. The van der Waals surface area contributed by atoms with Crippen LogP contribution in [0.4, 0.5) is 0 Å². The summed E-state index contributed by atoms with van der Waals surface area (Å²) in [6.45, 7) is 2.67. The standard InChI is InChI=1S/C13H23NO2/c1-2-10-4-3-5-11(8-10)16-12(15)13(9-14)6-7-13/h10-11H,2-9,14H2,1H3. The third-order valence-electron chi connectivity index (χ3n) is 4.26. The van der Waals surface area contributed by atoms with Crippen LogP contribution in [0.5, 0.6) is 0 Å². The highest BCUT2D eigenvalue weighted by atomic mass is 16.5. The Bertz CT molecular complexity index is 261. The molecule has 2 atom stereocenters. The molecule has 2 unspecified atom stereocenters. The Morgan fingerprint density at radius 3 is 2.75 bits per heavy atom. The van der Waals surface area contributed by atoms with Crippen LogP contribution in [0.25, 0.3) is 0 Å². The molecule has 0 aliphatic heterocycles. The van der Waals surface area contributed by atoms with Gasteiger partial charge in [-0.3, -0.25) is 4.79 Å². The predicted molar refractivity (Wildman–Crippen MR) is 62.9 cm³/mol. The summed E-state index contributed by atoms with van der Waals surface area (Å²) in [5.41, 5.74) is 5.33. The molecule has 0 aromatic heterocycles. The molecule has 2 N–H and O–H groups in total. The molecule has 3 heteroatoms. The summed E-state index contributed by atoms with van der Waals surface area (Å²) in [5, 5.41) is 0. The summed E-state index contributed by atoms with van der Waals surface area (Å²) in [7, 11) is 0. The molecule has 2 saturated carbocycles. The largest absolute Gasteiger partial charge is 0.462 e. The van der Waals surface area contributed by atoms with E-state index in [4.69, 9.17) is 10.5 Å². The quantitative estimate of drug-likeness (QED) is 0.746. The van der Waals surface area contributed by atoms with E-state index in [1.54, 1.807) is 0 Å². The molecule has 92 valence electrons. The van der Waals surface area contributed by atoms with Gasteiger partial charge in [0.05, 0.1) is 5.41 Å². The molecule has 16 heavy (non-hydrogen) atoms. The van der Waals surface area contributed by atoms with E-state index in [0.29, 0.717) is 6.54 Å². The first kappa shape index (κ1) is 11.9. The van der Waals surface area contributed by atoms with Crippen LogP contribution in [0.2, 0.25) is 0 Å². The number of hydrogen-bond donors (Lipinski definition) is 1. The van der Waals surface area contributed by atoms with Crippen LogP contribution in [0.1, 0.15) is 51.9 Å². The summed E-state index contributed by atoms with van der Waals surface area (Å²) in [5.74, 6) is 0.719. The summed E-state index contributed by atoms with van der Waals surface area (Å²) >= 11 is 0. The predicted octanol–water partition coefficient (Wildman–Crippen LogP) is 2.24. The van der Waals surface area contributed by atoms with Crippen LogP contribution in [0.15, 0.2) is 0 Å². The van der Waals surface area contributed by atoms with E-state index in [1.165, 1.54) is 19.3 Å². The summed E-state index contributed by atoms with van der Waals surface area (Å²) in [4.78, 5) is 11.9. The Balaban J connectivity index is 1.83. The number of rotatable bonds is 4. The van der Waals surface area contributed by atoms with Crippen molar-refractivity contribution in [1.82, 2.24) is 0 Å². The first-order chi connectivity index (χ1) is 7.70. The van der Waals surface area contributed by atoms with Crippen molar-refractivity contribution in [3.8, 4) is 0 Å². The Morgan fingerprint density at radius 1 is 1.44 bits per heavy atom. The first-order valence-electron chi connectivity index (χ1n) is 6.61. The van der Waals surface area contributed by atoms with Crippen molar-refractivity contribution in [2.75, 3.05) is 6.54 Å². The van der Waals surface area contributed by atoms with E-state index in [0.717, 1.165) is 31.6 Å². The number of ether oxygens (including phenoxy) is 1. The van der Waals surface area contributed by atoms with E-state index in [1.807, 2.05) is 0 Å². The molecule has 2 aliphatic rings. The Hall–Kier alpha value is -0.570. The topological polar surface area (TPSA) is 52.3 Å². The molecule has 0 spiro atoms. The summed E-state index contributed by atoms with van der Waals surface area (Å²) < 4.78 is 5.62. The fraction of sp³-hybridized carbons (Fsp3) is 0.923. The van der Waals surface area contributed by atoms with Crippen LogP contribution in [0, 0.1) is 11.3 Å². The van der Waals surface area contributed by atoms with Crippen molar-refractivity contribution >= 4 is 5.97 Å². The van der Waals surface area contributed by atoms with Crippen molar-refractivity contribution in [3.05, 3.63) is 0 Å². The lowest BCUT2D eigenvalue weighted by molar-refractivity contribution is -0.157. The fourth-order valence-electron chi connectivity index (χ4n) is 2.64. The van der Waals surface area contributed by atoms with Gasteiger partial charge in [-0.05, 0) is 38.0 Å². The lowest BCUT2D eigenvalue weighted by Crippen LogP contribution is -2.33. The van der Waals surface area contributed by atoms with Gasteiger partial charge in [0, 0.05) is 6.54 Å². The van der Waals surface area contributed by atoms with Crippen molar-refractivity contribution < 1.29 is 9.53 Å². The number of carbonyl (C=O) groups excluding carboxylic acids is 1. The number of nitrogens with two attached hydrogens (primary N) is 1. The van der Waals surface area contributed by atoms with Gasteiger partial charge in [0.25, 0.3) is 0 Å². The molecule has 0 aromatic carbocycles. The van der Waals surface area contributed by atoms with Gasteiger partial charge in [-0.15, -0.1) is 0 Å². The molecule has 3 nitrogen and oxygen atoms in total. The molecule has 0 bridgehead atoms. The normalized spacial score (nSPS) is 32.1. The van der Waals surface area contributed by atoms with Crippen LogP contribution < -0.4 is 5.73 Å². The van der Waals surface area contributed by atoms with E-state index >= 15 is 0 Å². The fourth-order valence-corrected chi connectivity index (χ4v) is 2.64. The van der Waals surface area contributed by atoms with Crippen molar-refractivity contribution in [2.45, 2.75) is 58.0 Å². The molecular formula is C13H23NO2. The van der Waals surface area contributed by atoms with Gasteiger partial charge >= 0.3 is 5.97 Å². The molecule has 0 heterocycles. The molecule has 2 fully saturated rings. The van der Waals surface area contributed by atoms with Crippen LogP contribution >= 0.6 is 0 Å². The zero-order chi connectivity index (χ0) is 11.6. The smallest absolute Gasteiger partial charge is 0.313 e. The maximum Gasteiger partial charge on any atom is 0.313 e. The molecular weight excluding hydrogens is 202 g/mol. The minimum atomic E-state index is -0.293. The highest BCUT2D eigenvalue weighted by molar-refractivity contribution is 5.80. The third-order valence-corrected chi connectivity index (χ3v) is 4.26. The van der Waals surface area contributed by atoms with Gasteiger partial charge in [-0.25, -0.2) is 0 Å². The Labute approximate surface area is 97.7 Å². The second-order valence-corrected chi connectivity index (χ2v) is 5.45. The second-order valence-electron chi connectivity index (χ2n) is 5.45. The molecule has 0 amide bonds. The van der Waals surface area contributed by atoms with Crippen LogP contribution in [-0.4, -0.2) is 18.6 Å². The highest BCUT2D eigenvalue weighted by Crippen LogP contribution is 2.46. The monoisotopic (exact) mass is 225 g/mol. The lowest BCUT2D eigenvalue weighted by Gasteiger charge is -2.29. The minimum absolute atomic E-state index is 0.0308. The maximum atomic E-state index is 11.9. The maximum absolute atomic E-state index is 11.9. The summed E-state index contributed by atoms with van der Waals surface area (Å²) in [6.07, 6.45) is 7.81. The average Bonchev–Trinajstić information content (AvgIpc) is 3.10. The van der Waals surface area contributed by atoms with Gasteiger partial charge < -0.3 is 10.5 Å². The van der Waals surface area contributed by atoms with Crippen molar-refractivity contribution in [2.24, 2.45) is 17.1 Å². The third kappa shape index (κ3) is 2.40. The summed E-state index contributed by atoms with van der Waals surface area (Å²) in [6, 6.07) is 0. The van der Waals surface area contributed by atoms with Crippen molar-refractivity contribution in [1.29, 1.82) is 0 Å². The van der Waals surface area contributed by atoms with Crippen LogP contribution in [0.3, 0.4) is 0 Å². The number of esters is 1. The van der Waals surface area contributed by atoms with E-state index < -0.39 is 0 Å². The second kappa shape index (κ2) is 4.74. The number of hydrogen-bond acceptors (Lipinski definition) is 3. The van der Waals surface area contributed by atoms with Crippen LogP contribution in [-0.2, 0) is 9.53 Å². The zero-order valence-corrected chi connectivity index (χ0v) is 10.2. The van der Waals surface area contributed by atoms with Gasteiger partial charge in [-0.1, -0.05) is 19.8 Å². The van der Waals surface area contributed by atoms with Gasteiger partial charge in [0.1, 0.15) is 6.10 Å². The molecule has 2 aliphatic carbocycles. The van der Waals surface area contributed by atoms with Gasteiger partial charge in [0.15, 0.2) is 0 Å². The number of carbonyl (C=O) groups is 1. The first-order valence-corrected chi connectivity index (χ1v) is 6.61. The lowest BCUT2D eigenvalue weighted by atomic mass is 9.85. The SMILES string of the molecule is CCC1CCCC(OC(=O)C2(CN)CC2)C1. The Morgan fingerprint density at radius 2 is 2.19 bits per heavy atom. The molecule has 2 rings (SSSR count). The zero-order valence-electron chi connectivity index (χ0n) is 10.2. The van der Waals surface area contributed by atoms with E-state index in [9.17, 15) is 4.79 Å². The molecule has 0 saturated heterocycles. The van der Waals surface area contributed by atoms with Gasteiger partial charge in [0.2, 0.25) is 0 Å². The molecule has 0 radical (unpaired) electrons. The van der Waals surface area contributed by atoms with Crippen molar-refractivity contribution in [3.63, 3.8) is 0 Å². The van der Waals surface area contributed by atoms with E-state index in [-0.39, 0.29) is 17.5 Å². The van der Waals surface area contributed by atoms with Gasteiger partial charge in [-0.2, -0.15) is 0 Å². The van der Waals surface area contributed by atoms with E-state index in [2.05, 4.69) is 6.92 Å². The molecule has 0 aromatic rings. The minimum Gasteiger partial charge on any atom is -0.462 e.